The summed E-state index contributed by atoms with van der Waals surface area (Å²) in [6.07, 6.45) is 6.45. The number of methoxy groups -OCH3 is 2. The van der Waals surface area contributed by atoms with Crippen LogP contribution in [0.5, 0.6) is 11.5 Å². The number of aryl methyl sites for hydroxylation is 1. The Balaban J connectivity index is 1.70. The van der Waals surface area contributed by atoms with Gasteiger partial charge < -0.3 is 14.0 Å². The molecule has 1 aliphatic heterocycles. The summed E-state index contributed by atoms with van der Waals surface area (Å²) in [5.74, 6) is 2.66. The molecule has 1 aromatic carbocycles. The molecule has 0 unspecified atom stereocenters. The third-order valence-electron chi connectivity index (χ3n) is 4.66. The molecule has 23 heavy (non-hydrogen) atoms. The van der Waals surface area contributed by atoms with Crippen LogP contribution in [0.25, 0.3) is 0 Å². The molecule has 1 saturated heterocycles. The van der Waals surface area contributed by atoms with Crippen LogP contribution >= 0.6 is 0 Å². The van der Waals surface area contributed by atoms with E-state index in [9.17, 15) is 0 Å². The number of aromatic nitrogens is 2. The highest BCUT2D eigenvalue weighted by molar-refractivity contribution is 5.42. The smallest absolute Gasteiger partial charge is 0.161 e. The van der Waals surface area contributed by atoms with Gasteiger partial charge >= 0.3 is 0 Å². The van der Waals surface area contributed by atoms with Crippen molar-refractivity contribution in [2.45, 2.75) is 38.9 Å². The Bertz CT molecular complexity index is 653. The third-order valence-corrected chi connectivity index (χ3v) is 4.66. The summed E-state index contributed by atoms with van der Waals surface area (Å²) in [7, 11) is 3.35. The van der Waals surface area contributed by atoms with Gasteiger partial charge in [0, 0.05) is 31.5 Å². The van der Waals surface area contributed by atoms with Crippen molar-refractivity contribution in [2.75, 3.05) is 20.8 Å². The van der Waals surface area contributed by atoms with Gasteiger partial charge in [-0.2, -0.15) is 0 Å². The lowest BCUT2D eigenvalue weighted by Crippen LogP contribution is -2.32. The fourth-order valence-corrected chi connectivity index (χ4v) is 3.35. The van der Waals surface area contributed by atoms with E-state index in [1.54, 1.807) is 14.2 Å². The van der Waals surface area contributed by atoms with E-state index in [-0.39, 0.29) is 0 Å². The van der Waals surface area contributed by atoms with Crippen molar-refractivity contribution >= 4 is 0 Å². The number of hydrogen-bond acceptors (Lipinski definition) is 4. The molecule has 3 rings (SSSR count). The van der Waals surface area contributed by atoms with Gasteiger partial charge in [-0.1, -0.05) is 6.07 Å². The van der Waals surface area contributed by atoms with Gasteiger partial charge in [-0.25, -0.2) is 4.98 Å². The SMILES string of the molecule is COc1ccc(CN2CCC[C@H]2Cn2ccnc2C)cc1OC. The summed E-state index contributed by atoms with van der Waals surface area (Å²) in [6.45, 7) is 5.16. The van der Waals surface area contributed by atoms with Gasteiger partial charge in [-0.3, -0.25) is 4.90 Å². The maximum Gasteiger partial charge on any atom is 0.161 e. The number of likely N-dealkylation sites (tertiary alicyclic amines) is 1. The van der Waals surface area contributed by atoms with Crippen molar-refractivity contribution in [3.8, 4) is 11.5 Å². The van der Waals surface area contributed by atoms with E-state index >= 15 is 0 Å². The van der Waals surface area contributed by atoms with E-state index in [1.165, 1.54) is 18.4 Å². The molecule has 0 amide bonds. The number of benzene rings is 1. The van der Waals surface area contributed by atoms with E-state index in [0.717, 1.165) is 37.0 Å². The van der Waals surface area contributed by atoms with Crippen molar-refractivity contribution in [1.82, 2.24) is 14.5 Å². The summed E-state index contributed by atoms with van der Waals surface area (Å²) in [4.78, 5) is 6.88. The summed E-state index contributed by atoms with van der Waals surface area (Å²) in [5, 5.41) is 0. The predicted octanol–water partition coefficient (Wildman–Crippen LogP) is 2.87. The van der Waals surface area contributed by atoms with Crippen molar-refractivity contribution in [3.05, 3.63) is 42.0 Å². The zero-order chi connectivity index (χ0) is 16.2. The van der Waals surface area contributed by atoms with E-state index < -0.39 is 0 Å². The minimum atomic E-state index is 0.566. The molecular weight excluding hydrogens is 290 g/mol. The van der Waals surface area contributed by atoms with Gasteiger partial charge in [0.15, 0.2) is 11.5 Å². The second-order valence-corrected chi connectivity index (χ2v) is 6.08. The Morgan fingerprint density at radius 3 is 2.74 bits per heavy atom. The summed E-state index contributed by atoms with van der Waals surface area (Å²) in [6, 6.07) is 6.76. The summed E-state index contributed by atoms with van der Waals surface area (Å²) < 4.78 is 13.0. The molecule has 2 heterocycles. The van der Waals surface area contributed by atoms with Crippen molar-refractivity contribution in [1.29, 1.82) is 0 Å². The molecule has 1 aromatic heterocycles. The molecule has 124 valence electrons. The van der Waals surface area contributed by atoms with Gasteiger partial charge in [0.1, 0.15) is 5.82 Å². The quantitative estimate of drug-likeness (QED) is 0.822. The molecule has 1 aliphatic rings. The number of nitrogens with zero attached hydrogens (tertiary/aromatic N) is 3. The first-order chi connectivity index (χ1) is 11.2. The molecule has 0 N–H and O–H groups in total. The highest BCUT2D eigenvalue weighted by Crippen LogP contribution is 2.29. The Morgan fingerprint density at radius 1 is 1.22 bits per heavy atom. The molecule has 2 aromatic rings. The Hall–Kier alpha value is -2.01. The lowest BCUT2D eigenvalue weighted by molar-refractivity contribution is 0.223. The Labute approximate surface area is 137 Å². The van der Waals surface area contributed by atoms with Crippen LogP contribution in [0.15, 0.2) is 30.6 Å². The number of hydrogen-bond donors (Lipinski definition) is 0. The van der Waals surface area contributed by atoms with Crippen molar-refractivity contribution in [3.63, 3.8) is 0 Å². The number of ether oxygens (including phenoxy) is 2. The lowest BCUT2D eigenvalue weighted by atomic mass is 10.1. The normalized spacial score (nSPS) is 18.3. The first-order valence-electron chi connectivity index (χ1n) is 8.14. The highest BCUT2D eigenvalue weighted by atomic mass is 16.5. The highest BCUT2D eigenvalue weighted by Gasteiger charge is 2.25. The molecule has 0 aliphatic carbocycles. The molecule has 1 fully saturated rings. The zero-order valence-electron chi connectivity index (χ0n) is 14.2. The van der Waals surface area contributed by atoms with Crippen LogP contribution in [0.4, 0.5) is 0 Å². The van der Waals surface area contributed by atoms with Crippen LogP contribution in [0, 0.1) is 6.92 Å². The minimum Gasteiger partial charge on any atom is -0.493 e. The second-order valence-electron chi connectivity index (χ2n) is 6.08. The van der Waals surface area contributed by atoms with Gasteiger partial charge in [-0.15, -0.1) is 0 Å². The molecule has 0 saturated carbocycles. The zero-order valence-corrected chi connectivity index (χ0v) is 14.2. The van der Waals surface area contributed by atoms with Gasteiger partial charge in [0.25, 0.3) is 0 Å². The summed E-state index contributed by atoms with van der Waals surface area (Å²) in [5.41, 5.74) is 1.26. The van der Waals surface area contributed by atoms with Crippen LogP contribution in [-0.4, -0.2) is 41.3 Å². The van der Waals surface area contributed by atoms with Crippen molar-refractivity contribution < 1.29 is 9.47 Å². The van der Waals surface area contributed by atoms with E-state index in [1.807, 2.05) is 12.3 Å². The summed E-state index contributed by atoms with van der Waals surface area (Å²) >= 11 is 0. The predicted molar refractivity (Wildman–Crippen MR) is 89.9 cm³/mol. The standard InChI is InChI=1S/C18H25N3O2/c1-14-19-8-10-20(14)13-16-5-4-9-21(16)12-15-6-7-17(22-2)18(11-15)23-3/h6-8,10-11,16H,4-5,9,12-13H2,1-3H3/t16-/m0/s1. The maximum absolute atomic E-state index is 5.41. The fraction of sp³-hybridized carbons (Fsp3) is 0.500. The van der Waals surface area contributed by atoms with E-state index in [0.29, 0.717) is 6.04 Å². The second kappa shape index (κ2) is 7.04. The van der Waals surface area contributed by atoms with Crippen LogP contribution < -0.4 is 9.47 Å². The number of imidazole rings is 1. The maximum atomic E-state index is 5.41. The monoisotopic (exact) mass is 315 g/mol. The minimum absolute atomic E-state index is 0.566. The first kappa shape index (κ1) is 15.9. The molecule has 0 bridgehead atoms. The molecule has 5 nitrogen and oxygen atoms in total. The van der Waals surface area contributed by atoms with Crippen LogP contribution in [-0.2, 0) is 13.1 Å². The number of rotatable bonds is 6. The molecule has 0 radical (unpaired) electrons. The lowest BCUT2D eigenvalue weighted by Gasteiger charge is -2.25. The van der Waals surface area contributed by atoms with E-state index in [4.69, 9.17) is 9.47 Å². The van der Waals surface area contributed by atoms with Gasteiger partial charge in [0.05, 0.1) is 14.2 Å². The molecule has 0 spiro atoms. The molecule has 5 heteroatoms. The van der Waals surface area contributed by atoms with Gasteiger partial charge in [0.2, 0.25) is 0 Å². The van der Waals surface area contributed by atoms with Gasteiger partial charge in [-0.05, 0) is 44.0 Å². The van der Waals surface area contributed by atoms with Crippen LogP contribution in [0.1, 0.15) is 24.2 Å². The largest absolute Gasteiger partial charge is 0.493 e. The molecule has 1 atom stereocenters. The fourth-order valence-electron chi connectivity index (χ4n) is 3.35. The third kappa shape index (κ3) is 3.50. The van der Waals surface area contributed by atoms with Crippen molar-refractivity contribution in [2.24, 2.45) is 0 Å². The van der Waals surface area contributed by atoms with E-state index in [2.05, 4.69) is 39.7 Å². The van der Waals surface area contributed by atoms with Crippen LogP contribution in [0.2, 0.25) is 0 Å². The first-order valence-corrected chi connectivity index (χ1v) is 8.14. The topological polar surface area (TPSA) is 39.5 Å². The average Bonchev–Trinajstić information content (AvgIpc) is 3.17. The van der Waals surface area contributed by atoms with Crippen LogP contribution in [0.3, 0.4) is 0 Å². The average molecular weight is 315 g/mol. The Kier molecular flexibility index (Phi) is 4.86. The Morgan fingerprint density at radius 2 is 2.04 bits per heavy atom. The molecular formula is C18H25N3O2.